The number of thiazole rings is 1. The van der Waals surface area contributed by atoms with Gasteiger partial charge in [-0.3, -0.25) is 14.5 Å². The van der Waals surface area contributed by atoms with Gasteiger partial charge in [0.05, 0.1) is 41.7 Å². The summed E-state index contributed by atoms with van der Waals surface area (Å²) in [5.41, 5.74) is 8.81. The van der Waals surface area contributed by atoms with E-state index >= 15 is 0 Å². The maximum atomic E-state index is 13.7. The van der Waals surface area contributed by atoms with Crippen molar-refractivity contribution in [1.82, 2.24) is 25.1 Å². The smallest absolute Gasteiger partial charge is 0.252 e. The molecule has 9 heteroatoms. The summed E-state index contributed by atoms with van der Waals surface area (Å²) in [6, 6.07) is 14.2. The van der Waals surface area contributed by atoms with Crippen LogP contribution in [0.5, 0.6) is 0 Å². The van der Waals surface area contributed by atoms with Crippen LogP contribution in [-0.4, -0.2) is 39.4 Å². The Bertz CT molecular complexity index is 1660. The van der Waals surface area contributed by atoms with Crippen molar-refractivity contribution in [3.63, 3.8) is 0 Å². The van der Waals surface area contributed by atoms with Gasteiger partial charge in [0.25, 0.3) is 5.91 Å². The summed E-state index contributed by atoms with van der Waals surface area (Å²) in [5, 5.41) is 10.8. The van der Waals surface area contributed by atoms with Gasteiger partial charge < -0.3 is 14.8 Å². The normalized spacial score (nSPS) is 14.8. The lowest BCUT2D eigenvalue weighted by atomic mass is 9.94. The van der Waals surface area contributed by atoms with E-state index in [4.69, 9.17) is 9.47 Å². The van der Waals surface area contributed by atoms with Gasteiger partial charge in [-0.25, -0.2) is 4.98 Å². The Hall–Kier alpha value is -3.92. The van der Waals surface area contributed by atoms with Gasteiger partial charge in [-0.2, -0.15) is 5.10 Å². The lowest BCUT2D eigenvalue weighted by molar-refractivity contribution is -0.0139. The molecular weight excluding hydrogens is 522 g/mol. The minimum atomic E-state index is -0.434. The minimum Gasteiger partial charge on any atom is -0.382 e. The predicted octanol–water partition coefficient (Wildman–Crippen LogP) is 5.72. The molecule has 0 aliphatic heterocycles. The van der Waals surface area contributed by atoms with Crippen LogP contribution in [0.25, 0.3) is 22.0 Å². The molecule has 6 rings (SSSR count). The molecule has 3 heterocycles. The average molecular weight is 554 g/mol. The topological polar surface area (TPSA) is 91.2 Å². The third-order valence-electron chi connectivity index (χ3n) is 7.48. The highest BCUT2D eigenvalue weighted by atomic mass is 32.1. The standard InChI is InChI=1S/C31H31N5O3S/c1-20-11-21(29(17-38-3)39-16-24-18-40-19-33-24)6-7-25(20)30(37)35-31(8-9-31)27-12-22(23-14-34-36(2)15-23)13-28-26(27)5-4-10-32-28/h4-7,10-15,18-19,29H,8-9,16-17H2,1-3H3,(H,35,37)/t29-/m0/s1. The van der Waals surface area contributed by atoms with Crippen LogP contribution in [0.4, 0.5) is 0 Å². The summed E-state index contributed by atoms with van der Waals surface area (Å²) in [4.78, 5) is 22.6. The van der Waals surface area contributed by atoms with Gasteiger partial charge in [-0.15, -0.1) is 11.3 Å². The Kier molecular flexibility index (Phi) is 7.18. The largest absolute Gasteiger partial charge is 0.382 e. The second-order valence-corrected chi connectivity index (χ2v) is 11.1. The lowest BCUT2D eigenvalue weighted by Crippen LogP contribution is -2.35. The summed E-state index contributed by atoms with van der Waals surface area (Å²) >= 11 is 1.54. The van der Waals surface area contributed by atoms with E-state index in [1.165, 1.54) is 0 Å². The third-order valence-corrected chi connectivity index (χ3v) is 8.11. The zero-order valence-electron chi connectivity index (χ0n) is 22.8. The molecule has 8 nitrogen and oxygen atoms in total. The number of carbonyl (C=O) groups is 1. The number of carbonyl (C=O) groups excluding carboxylic acids is 1. The summed E-state index contributed by atoms with van der Waals surface area (Å²) in [6.07, 6.45) is 7.14. The number of amides is 1. The van der Waals surface area contributed by atoms with Gasteiger partial charge in [0.15, 0.2) is 0 Å². The van der Waals surface area contributed by atoms with Gasteiger partial charge in [0.1, 0.15) is 6.10 Å². The van der Waals surface area contributed by atoms with Crippen molar-refractivity contribution in [2.24, 2.45) is 7.05 Å². The Morgan fingerprint density at radius 2 is 2.05 bits per heavy atom. The Balaban J connectivity index is 1.26. The van der Waals surface area contributed by atoms with Crippen molar-refractivity contribution < 1.29 is 14.3 Å². The highest BCUT2D eigenvalue weighted by molar-refractivity contribution is 7.07. The fourth-order valence-electron chi connectivity index (χ4n) is 5.22. The van der Waals surface area contributed by atoms with Gasteiger partial charge in [0.2, 0.25) is 0 Å². The number of aromatic nitrogens is 4. The molecule has 3 aromatic heterocycles. The molecule has 0 bridgehead atoms. The highest BCUT2D eigenvalue weighted by Gasteiger charge is 2.47. The molecule has 1 aliphatic rings. The molecule has 1 fully saturated rings. The summed E-state index contributed by atoms with van der Waals surface area (Å²) < 4.78 is 13.3. The van der Waals surface area contributed by atoms with Crippen molar-refractivity contribution in [3.8, 4) is 11.1 Å². The molecule has 0 unspecified atom stereocenters. The first-order chi connectivity index (χ1) is 19.5. The number of hydrogen-bond acceptors (Lipinski definition) is 7. The number of pyridine rings is 1. The number of benzene rings is 2. The zero-order chi connectivity index (χ0) is 27.7. The molecule has 1 N–H and O–H groups in total. The number of aryl methyl sites for hydroxylation is 2. The van der Waals surface area contributed by atoms with Gasteiger partial charge in [-0.1, -0.05) is 18.2 Å². The Morgan fingerprint density at radius 3 is 2.75 bits per heavy atom. The van der Waals surface area contributed by atoms with Crippen molar-refractivity contribution in [2.45, 2.75) is 38.0 Å². The predicted molar refractivity (Wildman–Crippen MR) is 155 cm³/mol. The van der Waals surface area contributed by atoms with Crippen LogP contribution in [0.2, 0.25) is 0 Å². The first kappa shape index (κ1) is 26.3. The van der Waals surface area contributed by atoms with Crippen LogP contribution in [-0.2, 0) is 28.7 Å². The molecule has 204 valence electrons. The second kappa shape index (κ2) is 10.9. The van der Waals surface area contributed by atoms with Crippen molar-refractivity contribution in [1.29, 1.82) is 0 Å². The van der Waals surface area contributed by atoms with Crippen LogP contribution in [0.15, 0.2) is 71.9 Å². The number of methoxy groups -OCH3 is 1. The van der Waals surface area contributed by atoms with Gasteiger partial charge in [0, 0.05) is 48.4 Å². The van der Waals surface area contributed by atoms with E-state index < -0.39 is 5.54 Å². The van der Waals surface area contributed by atoms with E-state index in [0.29, 0.717) is 18.8 Å². The SMILES string of the molecule is COC[C@H](OCc1cscn1)c1ccc(C(=O)NC2(c3cc(-c4cnn(C)c4)cc4ncccc34)CC2)c(C)c1. The number of rotatable bonds is 10. The zero-order valence-corrected chi connectivity index (χ0v) is 23.6. The minimum absolute atomic E-state index is 0.0861. The van der Waals surface area contributed by atoms with Crippen molar-refractivity contribution in [3.05, 3.63) is 99.9 Å². The van der Waals surface area contributed by atoms with Crippen LogP contribution < -0.4 is 5.32 Å². The summed E-state index contributed by atoms with van der Waals surface area (Å²) in [5.74, 6) is -0.0861. The van der Waals surface area contributed by atoms with E-state index in [0.717, 1.165) is 57.3 Å². The maximum Gasteiger partial charge on any atom is 0.252 e. The molecule has 0 radical (unpaired) electrons. The second-order valence-electron chi connectivity index (χ2n) is 10.3. The molecule has 1 amide bonds. The van der Waals surface area contributed by atoms with Crippen molar-refractivity contribution >= 4 is 28.1 Å². The Labute approximate surface area is 237 Å². The van der Waals surface area contributed by atoms with Gasteiger partial charge >= 0.3 is 0 Å². The van der Waals surface area contributed by atoms with Crippen LogP contribution in [0.3, 0.4) is 0 Å². The number of fused-ring (bicyclic) bond motifs is 1. The van der Waals surface area contributed by atoms with Crippen LogP contribution in [0, 0.1) is 6.92 Å². The number of ether oxygens (including phenoxy) is 2. The molecule has 0 saturated heterocycles. The molecule has 1 atom stereocenters. The number of nitrogens with zero attached hydrogens (tertiary/aromatic N) is 4. The van der Waals surface area contributed by atoms with E-state index in [-0.39, 0.29) is 12.0 Å². The molecular formula is C31H31N5O3S. The molecule has 5 aromatic rings. The Morgan fingerprint density at radius 1 is 1.18 bits per heavy atom. The fraction of sp³-hybridized carbons (Fsp3) is 0.290. The van der Waals surface area contributed by atoms with Gasteiger partial charge in [-0.05, 0) is 66.3 Å². The van der Waals surface area contributed by atoms with E-state index in [1.807, 2.05) is 56.0 Å². The van der Waals surface area contributed by atoms with E-state index in [9.17, 15) is 4.79 Å². The molecule has 40 heavy (non-hydrogen) atoms. The lowest BCUT2D eigenvalue weighted by Gasteiger charge is -2.22. The maximum absolute atomic E-state index is 13.7. The van der Waals surface area contributed by atoms with E-state index in [2.05, 4.69) is 38.6 Å². The number of nitrogens with one attached hydrogen (secondary N) is 1. The quantitative estimate of drug-likeness (QED) is 0.238. The number of hydrogen-bond donors (Lipinski definition) is 1. The monoisotopic (exact) mass is 553 g/mol. The summed E-state index contributed by atoms with van der Waals surface area (Å²) in [7, 11) is 3.57. The highest BCUT2D eigenvalue weighted by Crippen LogP contribution is 2.49. The molecule has 2 aromatic carbocycles. The van der Waals surface area contributed by atoms with Crippen LogP contribution >= 0.6 is 11.3 Å². The summed E-state index contributed by atoms with van der Waals surface area (Å²) in [6.45, 7) is 2.78. The third kappa shape index (κ3) is 5.28. The molecule has 1 saturated carbocycles. The average Bonchev–Trinajstić information content (AvgIpc) is 3.31. The molecule has 1 aliphatic carbocycles. The first-order valence-electron chi connectivity index (χ1n) is 13.2. The van der Waals surface area contributed by atoms with E-state index in [1.54, 1.807) is 34.8 Å². The van der Waals surface area contributed by atoms with Crippen LogP contribution in [0.1, 0.15) is 51.7 Å². The molecule has 0 spiro atoms. The fourth-order valence-corrected chi connectivity index (χ4v) is 5.76. The first-order valence-corrected chi connectivity index (χ1v) is 14.2. The van der Waals surface area contributed by atoms with Crippen molar-refractivity contribution in [2.75, 3.05) is 13.7 Å².